The van der Waals surface area contributed by atoms with Crippen LogP contribution in [0.3, 0.4) is 0 Å². The minimum Gasteiger partial charge on any atom is -0.378 e. The number of ether oxygens (including phenoxy) is 1. The number of hydrogen-bond acceptors (Lipinski definition) is 3. The monoisotopic (exact) mass is 221 g/mol. The second-order valence-electron chi connectivity index (χ2n) is 4.80. The van der Waals surface area contributed by atoms with Gasteiger partial charge >= 0.3 is 0 Å². The highest BCUT2D eigenvalue weighted by Gasteiger charge is 2.58. The van der Waals surface area contributed by atoms with Crippen LogP contribution in [0.25, 0.3) is 0 Å². The summed E-state index contributed by atoms with van der Waals surface area (Å²) in [7, 11) is -1.45. The molecule has 0 saturated heterocycles. The zero-order valence-corrected chi connectivity index (χ0v) is 10.2. The number of nitrogens with one attached hydrogen (secondary N) is 1. The van der Waals surface area contributed by atoms with Gasteiger partial charge in [-0.3, -0.25) is 0 Å². The summed E-state index contributed by atoms with van der Waals surface area (Å²) in [4.78, 5) is 0. The van der Waals surface area contributed by atoms with Gasteiger partial charge in [-0.1, -0.05) is 13.8 Å². The minimum absolute atomic E-state index is 0.0255. The summed E-state index contributed by atoms with van der Waals surface area (Å²) in [6.07, 6.45) is 1.91. The van der Waals surface area contributed by atoms with Gasteiger partial charge in [-0.2, -0.15) is 0 Å². The Kier molecular flexibility index (Phi) is 2.71. The lowest BCUT2D eigenvalue weighted by atomic mass is 9.56. The van der Waals surface area contributed by atoms with E-state index in [0.717, 1.165) is 6.42 Å². The fraction of sp³-hybridized carbons (Fsp3) is 1.00. The highest BCUT2D eigenvalue weighted by molar-refractivity contribution is 7.88. The molecule has 84 valence electrons. The van der Waals surface area contributed by atoms with Crippen LogP contribution in [-0.2, 0) is 14.8 Å². The zero-order chi connectivity index (χ0) is 11.2. The van der Waals surface area contributed by atoms with Crippen LogP contribution in [0.15, 0.2) is 0 Å². The van der Waals surface area contributed by atoms with Crippen LogP contribution in [0.5, 0.6) is 0 Å². The van der Waals surface area contributed by atoms with Crippen LogP contribution in [0.4, 0.5) is 0 Å². The van der Waals surface area contributed by atoms with Crippen molar-refractivity contribution < 1.29 is 13.2 Å². The molecular formula is C9H19NO3S. The average Bonchev–Trinajstić information content (AvgIpc) is 2.01. The van der Waals surface area contributed by atoms with E-state index in [-0.39, 0.29) is 17.1 Å². The van der Waals surface area contributed by atoms with Gasteiger partial charge < -0.3 is 4.74 Å². The van der Waals surface area contributed by atoms with Gasteiger partial charge in [0.05, 0.1) is 11.9 Å². The first kappa shape index (κ1) is 11.9. The molecule has 1 fully saturated rings. The Labute approximate surface area is 86.1 Å². The quantitative estimate of drug-likeness (QED) is 0.764. The smallest absolute Gasteiger partial charge is 0.208 e. The van der Waals surface area contributed by atoms with Gasteiger partial charge in [0.15, 0.2) is 0 Å². The lowest BCUT2D eigenvalue weighted by molar-refractivity contribution is -0.175. The maximum absolute atomic E-state index is 11.1. The predicted octanol–water partition coefficient (Wildman–Crippen LogP) is 0.739. The molecule has 0 heterocycles. The van der Waals surface area contributed by atoms with E-state index < -0.39 is 10.0 Å². The van der Waals surface area contributed by atoms with Crippen molar-refractivity contribution in [2.75, 3.05) is 13.4 Å². The fourth-order valence-corrected chi connectivity index (χ4v) is 2.83. The molecule has 5 heteroatoms. The van der Waals surface area contributed by atoms with Gasteiger partial charge in [0, 0.05) is 18.6 Å². The molecule has 1 saturated carbocycles. The molecule has 0 aromatic heterocycles. The Morgan fingerprint density at radius 1 is 1.36 bits per heavy atom. The molecule has 1 aliphatic carbocycles. The van der Waals surface area contributed by atoms with E-state index in [1.165, 1.54) is 6.26 Å². The SMILES string of the molecule is COC1(C)CC(NS(C)(=O)=O)C1(C)C. The Morgan fingerprint density at radius 3 is 2.14 bits per heavy atom. The van der Waals surface area contributed by atoms with E-state index in [0.29, 0.717) is 0 Å². The van der Waals surface area contributed by atoms with Crippen molar-refractivity contribution in [2.45, 2.75) is 38.8 Å². The Hall–Kier alpha value is -0.130. The summed E-state index contributed by atoms with van der Waals surface area (Å²) < 4.78 is 30.2. The van der Waals surface area contributed by atoms with Crippen molar-refractivity contribution in [3.8, 4) is 0 Å². The van der Waals surface area contributed by atoms with E-state index in [4.69, 9.17) is 4.74 Å². The maximum Gasteiger partial charge on any atom is 0.208 e. The normalized spacial score (nSPS) is 36.5. The minimum atomic E-state index is -3.12. The van der Waals surface area contributed by atoms with E-state index >= 15 is 0 Å². The highest BCUT2D eigenvalue weighted by atomic mass is 32.2. The van der Waals surface area contributed by atoms with Gasteiger partial charge in [0.1, 0.15) is 0 Å². The summed E-state index contributed by atoms with van der Waals surface area (Å²) in [6, 6.07) is -0.0255. The number of sulfonamides is 1. The maximum atomic E-state index is 11.1. The third kappa shape index (κ3) is 1.81. The van der Waals surface area contributed by atoms with E-state index in [1.54, 1.807) is 7.11 Å². The lowest BCUT2D eigenvalue weighted by Gasteiger charge is -2.58. The molecule has 0 spiro atoms. The molecule has 2 unspecified atom stereocenters. The van der Waals surface area contributed by atoms with Crippen molar-refractivity contribution in [2.24, 2.45) is 5.41 Å². The number of rotatable bonds is 3. The van der Waals surface area contributed by atoms with Gasteiger partial charge in [0.25, 0.3) is 0 Å². The molecule has 0 amide bonds. The molecule has 2 atom stereocenters. The highest BCUT2D eigenvalue weighted by Crippen LogP contribution is 2.51. The van der Waals surface area contributed by atoms with E-state index in [2.05, 4.69) is 4.72 Å². The second kappa shape index (κ2) is 3.18. The average molecular weight is 221 g/mol. The lowest BCUT2D eigenvalue weighted by Crippen LogP contribution is -2.68. The van der Waals surface area contributed by atoms with Gasteiger partial charge in [0.2, 0.25) is 10.0 Å². The first-order valence-corrected chi connectivity index (χ1v) is 6.54. The van der Waals surface area contributed by atoms with E-state index in [1.807, 2.05) is 20.8 Å². The van der Waals surface area contributed by atoms with Gasteiger partial charge in [-0.25, -0.2) is 13.1 Å². The Morgan fingerprint density at radius 2 is 1.86 bits per heavy atom. The summed E-state index contributed by atoms with van der Waals surface area (Å²) in [6.45, 7) is 6.04. The van der Waals surface area contributed by atoms with Crippen LogP contribution in [0.1, 0.15) is 27.2 Å². The van der Waals surface area contributed by atoms with Crippen molar-refractivity contribution in [3.63, 3.8) is 0 Å². The van der Waals surface area contributed by atoms with Crippen LogP contribution < -0.4 is 4.72 Å². The van der Waals surface area contributed by atoms with Crippen molar-refractivity contribution in [3.05, 3.63) is 0 Å². The standard InChI is InChI=1S/C9H19NO3S/c1-8(2)7(10-14(5,11)12)6-9(8,3)13-4/h7,10H,6H2,1-5H3. The van der Waals surface area contributed by atoms with Crippen LogP contribution >= 0.6 is 0 Å². The molecule has 1 rings (SSSR count). The summed E-state index contributed by atoms with van der Waals surface area (Å²) in [5.74, 6) is 0. The van der Waals surface area contributed by atoms with Crippen LogP contribution in [0.2, 0.25) is 0 Å². The topological polar surface area (TPSA) is 55.4 Å². The molecule has 14 heavy (non-hydrogen) atoms. The third-order valence-corrected chi connectivity index (χ3v) is 4.35. The third-order valence-electron chi connectivity index (χ3n) is 3.63. The van der Waals surface area contributed by atoms with Crippen molar-refractivity contribution >= 4 is 10.0 Å². The molecule has 0 aromatic carbocycles. The molecule has 4 nitrogen and oxygen atoms in total. The second-order valence-corrected chi connectivity index (χ2v) is 6.58. The van der Waals surface area contributed by atoms with Crippen LogP contribution in [-0.4, -0.2) is 33.4 Å². The van der Waals surface area contributed by atoms with Crippen molar-refractivity contribution in [1.29, 1.82) is 0 Å². The molecule has 1 N–H and O–H groups in total. The largest absolute Gasteiger partial charge is 0.378 e. The molecule has 0 aromatic rings. The van der Waals surface area contributed by atoms with Gasteiger partial charge in [-0.05, 0) is 13.3 Å². The first-order valence-electron chi connectivity index (χ1n) is 4.65. The Bertz CT molecular complexity index is 323. The fourth-order valence-electron chi connectivity index (χ4n) is 1.94. The molecule has 0 aliphatic heterocycles. The number of methoxy groups -OCH3 is 1. The summed E-state index contributed by atoms with van der Waals surface area (Å²) >= 11 is 0. The zero-order valence-electron chi connectivity index (χ0n) is 9.42. The van der Waals surface area contributed by atoms with Crippen molar-refractivity contribution in [1.82, 2.24) is 4.72 Å². The molecular weight excluding hydrogens is 202 g/mol. The van der Waals surface area contributed by atoms with Gasteiger partial charge in [-0.15, -0.1) is 0 Å². The van der Waals surface area contributed by atoms with Crippen LogP contribution in [0, 0.1) is 5.41 Å². The molecule has 0 radical (unpaired) electrons. The molecule has 1 aliphatic rings. The predicted molar refractivity (Wildman–Crippen MR) is 55.6 cm³/mol. The Balaban J connectivity index is 2.74. The summed E-state index contributed by atoms with van der Waals surface area (Å²) in [5, 5.41) is 0. The first-order chi connectivity index (χ1) is 6.12. The number of hydrogen-bond donors (Lipinski definition) is 1. The van der Waals surface area contributed by atoms with E-state index in [9.17, 15) is 8.42 Å². The molecule has 0 bridgehead atoms. The summed E-state index contributed by atoms with van der Waals surface area (Å²) in [5.41, 5.74) is -0.389.